The molecule has 5 heteroatoms. The largest absolute Gasteiger partial charge is 0.507 e. The molecule has 2 N–H and O–H groups in total. The predicted octanol–water partition coefficient (Wildman–Crippen LogP) is 2.38. The minimum absolute atomic E-state index is 0.0669. The van der Waals surface area contributed by atoms with E-state index >= 15 is 0 Å². The number of amides is 1. The number of nitrogens with one attached hydrogen (secondary N) is 1. The zero-order chi connectivity index (χ0) is 15.9. The molecule has 0 bridgehead atoms. The van der Waals surface area contributed by atoms with Crippen LogP contribution in [0.2, 0.25) is 0 Å². The fraction of sp³-hybridized carbons (Fsp3) is 0.235. The summed E-state index contributed by atoms with van der Waals surface area (Å²) in [5, 5.41) is 12.5. The van der Waals surface area contributed by atoms with E-state index in [0.717, 1.165) is 11.3 Å². The molecule has 1 amide bonds. The average molecular weight is 301 g/mol. The summed E-state index contributed by atoms with van der Waals surface area (Å²) in [4.78, 5) is 12.1. The molecule has 0 saturated heterocycles. The number of phenolic OH excluding ortho intramolecular Hbond substituents is 1. The number of aromatic hydroxyl groups is 1. The Kier molecular flexibility index (Phi) is 5.25. The number of hydrogen-bond acceptors (Lipinski definition) is 4. The molecule has 0 aromatic heterocycles. The van der Waals surface area contributed by atoms with Crippen LogP contribution in [0.25, 0.3) is 0 Å². The highest BCUT2D eigenvalue weighted by molar-refractivity contribution is 5.97. The number of carbonyl (C=O) groups is 1. The molecule has 0 unspecified atom stereocenters. The van der Waals surface area contributed by atoms with Crippen molar-refractivity contribution in [2.45, 2.75) is 6.42 Å². The number of hydrogen-bond donors (Lipinski definition) is 2. The number of ether oxygens (including phenoxy) is 2. The summed E-state index contributed by atoms with van der Waals surface area (Å²) in [6, 6.07) is 12.2. The van der Waals surface area contributed by atoms with E-state index in [2.05, 4.69) is 5.32 Å². The van der Waals surface area contributed by atoms with Crippen molar-refractivity contribution in [2.75, 3.05) is 20.8 Å². The second-order valence-electron chi connectivity index (χ2n) is 4.74. The Morgan fingerprint density at radius 3 is 2.32 bits per heavy atom. The van der Waals surface area contributed by atoms with Crippen LogP contribution in [0.4, 0.5) is 0 Å². The highest BCUT2D eigenvalue weighted by Crippen LogP contribution is 2.22. The van der Waals surface area contributed by atoms with Crippen LogP contribution in [0.1, 0.15) is 15.9 Å². The van der Waals surface area contributed by atoms with Gasteiger partial charge in [-0.1, -0.05) is 12.1 Å². The summed E-state index contributed by atoms with van der Waals surface area (Å²) in [5.74, 6) is 0.930. The molecule has 0 radical (unpaired) electrons. The fourth-order valence-corrected chi connectivity index (χ4v) is 2.03. The summed E-state index contributed by atoms with van der Waals surface area (Å²) in [6.45, 7) is 0.474. The third-order valence-corrected chi connectivity index (χ3v) is 3.31. The summed E-state index contributed by atoms with van der Waals surface area (Å²) < 4.78 is 10.1. The van der Waals surface area contributed by atoms with Crippen LogP contribution in [-0.2, 0) is 6.42 Å². The molecule has 2 rings (SSSR count). The van der Waals surface area contributed by atoms with Crippen LogP contribution in [0, 0.1) is 0 Å². The monoisotopic (exact) mass is 301 g/mol. The molecule has 22 heavy (non-hydrogen) atoms. The lowest BCUT2D eigenvalue weighted by atomic mass is 10.1. The van der Waals surface area contributed by atoms with E-state index in [1.54, 1.807) is 13.2 Å². The minimum atomic E-state index is -0.329. The van der Waals surface area contributed by atoms with Gasteiger partial charge in [-0.15, -0.1) is 0 Å². The lowest BCUT2D eigenvalue weighted by Crippen LogP contribution is -2.25. The fourth-order valence-electron chi connectivity index (χ4n) is 2.03. The Labute approximate surface area is 129 Å². The van der Waals surface area contributed by atoms with Gasteiger partial charge in [0.15, 0.2) is 0 Å². The van der Waals surface area contributed by atoms with Gasteiger partial charge in [-0.2, -0.15) is 0 Å². The predicted molar refractivity (Wildman–Crippen MR) is 83.7 cm³/mol. The molecular weight excluding hydrogens is 282 g/mol. The first-order valence-corrected chi connectivity index (χ1v) is 6.92. The van der Waals surface area contributed by atoms with Crippen LogP contribution in [0.3, 0.4) is 0 Å². The quantitative estimate of drug-likeness (QED) is 0.859. The van der Waals surface area contributed by atoms with Crippen molar-refractivity contribution in [1.82, 2.24) is 5.32 Å². The molecule has 0 aliphatic rings. The standard InChI is InChI=1S/C17H19NO4/c1-21-13-5-3-12(4-6-13)9-10-18-17(20)15-11-14(22-2)7-8-16(15)19/h3-8,11,19H,9-10H2,1-2H3,(H,18,20). The Morgan fingerprint density at radius 1 is 1.05 bits per heavy atom. The lowest BCUT2D eigenvalue weighted by Gasteiger charge is -2.09. The lowest BCUT2D eigenvalue weighted by molar-refractivity contribution is 0.0951. The third kappa shape index (κ3) is 3.91. The van der Waals surface area contributed by atoms with Gasteiger partial charge in [0.2, 0.25) is 0 Å². The number of carbonyl (C=O) groups excluding carboxylic acids is 1. The van der Waals surface area contributed by atoms with Gasteiger partial charge in [0.1, 0.15) is 17.2 Å². The molecule has 0 spiro atoms. The van der Waals surface area contributed by atoms with Crippen LogP contribution < -0.4 is 14.8 Å². The van der Waals surface area contributed by atoms with Crippen molar-refractivity contribution in [2.24, 2.45) is 0 Å². The van der Waals surface area contributed by atoms with Crippen molar-refractivity contribution in [3.05, 3.63) is 53.6 Å². The van der Waals surface area contributed by atoms with Crippen LogP contribution in [0.15, 0.2) is 42.5 Å². The summed E-state index contributed by atoms with van der Waals surface area (Å²) in [5.41, 5.74) is 1.30. The summed E-state index contributed by atoms with van der Waals surface area (Å²) in [6.07, 6.45) is 0.695. The van der Waals surface area contributed by atoms with Gasteiger partial charge >= 0.3 is 0 Å². The topological polar surface area (TPSA) is 67.8 Å². The normalized spacial score (nSPS) is 10.1. The number of phenols is 1. The van der Waals surface area contributed by atoms with E-state index in [0.29, 0.717) is 18.7 Å². The molecule has 2 aromatic rings. The Morgan fingerprint density at radius 2 is 1.68 bits per heavy atom. The van der Waals surface area contributed by atoms with E-state index in [1.807, 2.05) is 24.3 Å². The maximum Gasteiger partial charge on any atom is 0.255 e. The van der Waals surface area contributed by atoms with Gasteiger partial charge in [-0.05, 0) is 42.3 Å². The van der Waals surface area contributed by atoms with E-state index < -0.39 is 0 Å². The van der Waals surface area contributed by atoms with E-state index in [9.17, 15) is 9.90 Å². The van der Waals surface area contributed by atoms with Crippen LogP contribution >= 0.6 is 0 Å². The van der Waals surface area contributed by atoms with Gasteiger partial charge in [0.05, 0.1) is 19.8 Å². The van der Waals surface area contributed by atoms with E-state index in [4.69, 9.17) is 9.47 Å². The highest BCUT2D eigenvalue weighted by Gasteiger charge is 2.11. The van der Waals surface area contributed by atoms with Crippen LogP contribution in [0.5, 0.6) is 17.2 Å². The maximum atomic E-state index is 12.1. The zero-order valence-corrected chi connectivity index (χ0v) is 12.6. The minimum Gasteiger partial charge on any atom is -0.507 e. The van der Waals surface area contributed by atoms with Crippen LogP contribution in [-0.4, -0.2) is 31.8 Å². The molecule has 2 aromatic carbocycles. The van der Waals surface area contributed by atoms with Gasteiger partial charge in [-0.3, -0.25) is 4.79 Å². The van der Waals surface area contributed by atoms with E-state index in [1.165, 1.54) is 19.2 Å². The second-order valence-corrected chi connectivity index (χ2v) is 4.74. The molecule has 0 atom stereocenters. The molecule has 0 fully saturated rings. The third-order valence-electron chi connectivity index (χ3n) is 3.31. The Balaban J connectivity index is 1.92. The molecule has 116 valence electrons. The molecule has 5 nitrogen and oxygen atoms in total. The first kappa shape index (κ1) is 15.7. The highest BCUT2D eigenvalue weighted by atomic mass is 16.5. The molecule has 0 heterocycles. The maximum absolute atomic E-state index is 12.1. The van der Waals surface area contributed by atoms with Gasteiger partial charge in [-0.25, -0.2) is 0 Å². The molecular formula is C17H19NO4. The van der Waals surface area contributed by atoms with Crippen molar-refractivity contribution < 1.29 is 19.4 Å². The van der Waals surface area contributed by atoms with Crippen molar-refractivity contribution in [3.8, 4) is 17.2 Å². The molecule has 0 saturated carbocycles. The van der Waals surface area contributed by atoms with Crippen molar-refractivity contribution in [3.63, 3.8) is 0 Å². The number of benzene rings is 2. The van der Waals surface area contributed by atoms with Crippen molar-refractivity contribution >= 4 is 5.91 Å². The van der Waals surface area contributed by atoms with E-state index in [-0.39, 0.29) is 17.2 Å². The summed E-state index contributed by atoms with van der Waals surface area (Å²) >= 11 is 0. The Bertz CT molecular complexity index is 638. The Hall–Kier alpha value is -2.69. The zero-order valence-electron chi connectivity index (χ0n) is 12.6. The number of methoxy groups -OCH3 is 2. The molecule has 0 aliphatic carbocycles. The van der Waals surface area contributed by atoms with Gasteiger partial charge in [0.25, 0.3) is 5.91 Å². The summed E-state index contributed by atoms with van der Waals surface area (Å²) in [7, 11) is 3.13. The molecule has 0 aliphatic heterocycles. The number of rotatable bonds is 6. The van der Waals surface area contributed by atoms with Crippen molar-refractivity contribution in [1.29, 1.82) is 0 Å². The second kappa shape index (κ2) is 7.36. The first-order valence-electron chi connectivity index (χ1n) is 6.92. The average Bonchev–Trinajstić information content (AvgIpc) is 2.55. The van der Waals surface area contributed by atoms with Gasteiger partial charge < -0.3 is 19.9 Å². The first-order chi connectivity index (χ1) is 10.6. The smallest absolute Gasteiger partial charge is 0.255 e. The van der Waals surface area contributed by atoms with Gasteiger partial charge in [0, 0.05) is 6.54 Å². The SMILES string of the molecule is COc1ccc(CCNC(=O)c2cc(OC)ccc2O)cc1.